The van der Waals surface area contributed by atoms with E-state index < -0.39 is 0 Å². The molecule has 4 fully saturated rings. The van der Waals surface area contributed by atoms with E-state index in [0.717, 1.165) is 29.2 Å². The molecule has 146 valence electrons. The number of aliphatic imine (C=N–C) groups is 2. The van der Waals surface area contributed by atoms with Crippen molar-refractivity contribution in [2.45, 2.75) is 43.9 Å². The lowest BCUT2D eigenvalue weighted by Gasteiger charge is -2.57. The monoisotopic (exact) mass is 371 g/mol. The Hall–Kier alpha value is -2.44. The molecular formula is C20H29N5O2. The first-order valence-electron chi connectivity index (χ1n) is 9.62. The molecule has 7 nitrogen and oxygen atoms in total. The molecule has 1 aromatic carbocycles. The van der Waals surface area contributed by atoms with Gasteiger partial charge < -0.3 is 26.7 Å². The van der Waals surface area contributed by atoms with Gasteiger partial charge >= 0.3 is 0 Å². The maximum absolute atomic E-state index is 5.96. The second-order valence-corrected chi connectivity index (χ2v) is 8.43. The van der Waals surface area contributed by atoms with Crippen LogP contribution in [0.5, 0.6) is 11.5 Å². The first kappa shape index (κ1) is 17.9. The number of benzene rings is 1. The summed E-state index contributed by atoms with van der Waals surface area (Å²) >= 11 is 0. The second-order valence-electron chi connectivity index (χ2n) is 8.43. The number of nitrogens with zero attached hydrogens (tertiary/aromatic N) is 2. The quantitative estimate of drug-likeness (QED) is 0.554. The fourth-order valence-corrected chi connectivity index (χ4v) is 6.11. The van der Waals surface area contributed by atoms with Crippen LogP contribution in [0.1, 0.15) is 44.1 Å². The van der Waals surface area contributed by atoms with Gasteiger partial charge in [-0.2, -0.15) is 4.99 Å². The highest BCUT2D eigenvalue weighted by Gasteiger charge is 2.52. The van der Waals surface area contributed by atoms with Gasteiger partial charge in [0.25, 0.3) is 0 Å². The van der Waals surface area contributed by atoms with Crippen LogP contribution in [0.3, 0.4) is 0 Å². The first-order chi connectivity index (χ1) is 12.9. The first-order valence-corrected chi connectivity index (χ1v) is 9.62. The summed E-state index contributed by atoms with van der Waals surface area (Å²) in [5.74, 6) is 3.75. The Bertz CT molecular complexity index is 763. The number of hydrogen-bond acceptors (Lipinski definition) is 3. The van der Waals surface area contributed by atoms with Crippen LogP contribution in [0.15, 0.2) is 22.1 Å². The zero-order chi connectivity index (χ0) is 19.2. The molecule has 0 unspecified atom stereocenters. The van der Waals surface area contributed by atoms with E-state index in [0.29, 0.717) is 5.75 Å². The minimum absolute atomic E-state index is 0.0493. The molecule has 6 N–H and O–H groups in total. The highest BCUT2D eigenvalue weighted by molar-refractivity contribution is 5.94. The minimum atomic E-state index is -0.104. The summed E-state index contributed by atoms with van der Waals surface area (Å²) in [6.45, 7) is 0. The molecule has 0 heterocycles. The standard InChI is InChI=1S/C20H29N5O2/c1-26-16-6-14(15(7-17(16)27-2)24-19(23)25-18(21)22)20-8-11-3-12(9-20)5-13(4-11)10-20/h6-7,11-13H,3-5,8-10H2,1-2H3,(H6,21,22,23,24,25). The van der Waals surface area contributed by atoms with E-state index in [-0.39, 0.29) is 17.3 Å². The second kappa shape index (κ2) is 6.62. The van der Waals surface area contributed by atoms with Gasteiger partial charge in [-0.15, -0.1) is 0 Å². The normalized spacial score (nSPS) is 31.6. The largest absolute Gasteiger partial charge is 0.493 e. The Kier molecular flexibility index (Phi) is 4.40. The predicted octanol–water partition coefficient (Wildman–Crippen LogP) is 2.39. The third-order valence-electron chi connectivity index (χ3n) is 6.59. The molecule has 4 aliphatic rings. The topological polar surface area (TPSA) is 121 Å². The van der Waals surface area contributed by atoms with Gasteiger partial charge in [0.05, 0.1) is 19.9 Å². The lowest BCUT2D eigenvalue weighted by molar-refractivity contribution is -0.00500. The molecule has 1 aromatic rings. The average molecular weight is 371 g/mol. The van der Waals surface area contributed by atoms with E-state index in [1.165, 1.54) is 44.1 Å². The lowest BCUT2D eigenvalue weighted by atomic mass is 9.48. The maximum Gasteiger partial charge on any atom is 0.223 e. The van der Waals surface area contributed by atoms with Crippen molar-refractivity contribution in [1.82, 2.24) is 0 Å². The molecule has 27 heavy (non-hydrogen) atoms. The fourth-order valence-electron chi connectivity index (χ4n) is 6.11. The maximum atomic E-state index is 5.96. The molecule has 4 bridgehead atoms. The highest BCUT2D eigenvalue weighted by atomic mass is 16.5. The van der Waals surface area contributed by atoms with Gasteiger partial charge in [-0.25, -0.2) is 4.99 Å². The van der Waals surface area contributed by atoms with Crippen LogP contribution in [0.25, 0.3) is 0 Å². The Labute approximate surface area is 160 Å². The van der Waals surface area contributed by atoms with Gasteiger partial charge in [0.1, 0.15) is 0 Å². The SMILES string of the molecule is COc1cc(N=C(N)N=C(N)N)c(C23CC4CC(CC(C4)C2)C3)cc1OC. The molecule has 0 saturated heterocycles. The van der Waals surface area contributed by atoms with Crippen molar-refractivity contribution in [2.75, 3.05) is 14.2 Å². The summed E-state index contributed by atoms with van der Waals surface area (Å²) in [6.07, 6.45) is 7.75. The summed E-state index contributed by atoms with van der Waals surface area (Å²) in [5.41, 5.74) is 19.0. The summed E-state index contributed by atoms with van der Waals surface area (Å²) in [7, 11) is 3.28. The molecule has 5 rings (SSSR count). The van der Waals surface area contributed by atoms with Gasteiger partial charge in [-0.05, 0) is 73.3 Å². The number of nitrogens with two attached hydrogens (primary N) is 3. The summed E-state index contributed by atoms with van der Waals surface area (Å²) < 4.78 is 11.1. The van der Waals surface area contributed by atoms with Crippen LogP contribution < -0.4 is 26.7 Å². The van der Waals surface area contributed by atoms with E-state index in [9.17, 15) is 0 Å². The van der Waals surface area contributed by atoms with Crippen molar-refractivity contribution < 1.29 is 9.47 Å². The Morgan fingerprint density at radius 3 is 1.93 bits per heavy atom. The number of ether oxygens (including phenoxy) is 2. The van der Waals surface area contributed by atoms with Crippen LogP contribution in [0, 0.1) is 17.8 Å². The van der Waals surface area contributed by atoms with E-state index in [1.54, 1.807) is 14.2 Å². The molecular weight excluding hydrogens is 342 g/mol. The zero-order valence-electron chi connectivity index (χ0n) is 16.1. The highest BCUT2D eigenvalue weighted by Crippen LogP contribution is 2.62. The number of hydrogen-bond donors (Lipinski definition) is 3. The molecule has 0 spiro atoms. The Morgan fingerprint density at radius 2 is 1.44 bits per heavy atom. The average Bonchev–Trinajstić information content (AvgIpc) is 2.59. The van der Waals surface area contributed by atoms with E-state index >= 15 is 0 Å². The van der Waals surface area contributed by atoms with Crippen LogP contribution in [-0.2, 0) is 5.41 Å². The summed E-state index contributed by atoms with van der Waals surface area (Å²) in [5, 5.41) is 0. The van der Waals surface area contributed by atoms with Crippen LogP contribution in [0.2, 0.25) is 0 Å². The Balaban J connectivity index is 1.84. The van der Waals surface area contributed by atoms with Gasteiger partial charge in [0, 0.05) is 6.07 Å². The van der Waals surface area contributed by atoms with Crippen molar-refractivity contribution >= 4 is 17.6 Å². The molecule has 0 atom stereocenters. The summed E-state index contributed by atoms with van der Waals surface area (Å²) in [6, 6.07) is 3.98. The predicted molar refractivity (Wildman–Crippen MR) is 106 cm³/mol. The Morgan fingerprint density at radius 1 is 0.926 bits per heavy atom. The van der Waals surface area contributed by atoms with Crippen molar-refractivity contribution in [3.8, 4) is 11.5 Å². The minimum Gasteiger partial charge on any atom is -0.493 e. The summed E-state index contributed by atoms with van der Waals surface area (Å²) in [4.78, 5) is 8.44. The van der Waals surface area contributed by atoms with Gasteiger partial charge in [0.15, 0.2) is 17.5 Å². The van der Waals surface area contributed by atoms with Crippen LogP contribution in [-0.4, -0.2) is 26.1 Å². The zero-order valence-corrected chi connectivity index (χ0v) is 16.1. The fraction of sp³-hybridized carbons (Fsp3) is 0.600. The van der Waals surface area contributed by atoms with Crippen LogP contribution in [0.4, 0.5) is 5.69 Å². The van der Waals surface area contributed by atoms with E-state index in [1.807, 2.05) is 6.07 Å². The molecule has 0 aromatic heterocycles. The van der Waals surface area contributed by atoms with Gasteiger partial charge in [-0.3, -0.25) is 0 Å². The smallest absolute Gasteiger partial charge is 0.223 e. The third-order valence-corrected chi connectivity index (χ3v) is 6.59. The lowest BCUT2D eigenvalue weighted by Crippen LogP contribution is -2.48. The molecule has 0 aliphatic heterocycles. The van der Waals surface area contributed by atoms with Gasteiger partial charge in [0.2, 0.25) is 5.96 Å². The van der Waals surface area contributed by atoms with Crippen molar-refractivity contribution in [3.63, 3.8) is 0 Å². The van der Waals surface area contributed by atoms with Crippen LogP contribution >= 0.6 is 0 Å². The molecule has 4 saturated carbocycles. The molecule has 0 radical (unpaired) electrons. The molecule has 0 amide bonds. The number of guanidine groups is 2. The van der Waals surface area contributed by atoms with E-state index in [4.69, 9.17) is 26.7 Å². The van der Waals surface area contributed by atoms with Crippen molar-refractivity contribution in [2.24, 2.45) is 44.9 Å². The van der Waals surface area contributed by atoms with Crippen molar-refractivity contribution in [1.29, 1.82) is 0 Å². The third kappa shape index (κ3) is 3.19. The molecule has 4 aliphatic carbocycles. The van der Waals surface area contributed by atoms with E-state index in [2.05, 4.69) is 16.1 Å². The van der Waals surface area contributed by atoms with Gasteiger partial charge in [-0.1, -0.05) is 0 Å². The number of methoxy groups -OCH3 is 2. The van der Waals surface area contributed by atoms with Crippen molar-refractivity contribution in [3.05, 3.63) is 17.7 Å². The number of rotatable bonds is 4. The molecule has 7 heteroatoms.